The van der Waals surface area contributed by atoms with Crippen LogP contribution in [0.1, 0.15) is 42.6 Å². The van der Waals surface area contributed by atoms with Crippen LogP contribution in [0.5, 0.6) is 0 Å². The standard InChI is InChI=1S/C14H20N2O3/c1-19-14(8-3-2-4-9-14)10-15-12-7-5-6-11(16-12)13(17)18/h5-7H,2-4,8-10H2,1H3,(H,15,16)(H,17,18). The first-order valence-corrected chi connectivity index (χ1v) is 6.65. The smallest absolute Gasteiger partial charge is 0.354 e. The Hall–Kier alpha value is -1.62. The van der Waals surface area contributed by atoms with E-state index in [-0.39, 0.29) is 11.3 Å². The molecule has 1 fully saturated rings. The van der Waals surface area contributed by atoms with Crippen LogP contribution >= 0.6 is 0 Å². The third-order valence-corrected chi connectivity index (χ3v) is 3.76. The third-order valence-electron chi connectivity index (χ3n) is 3.76. The van der Waals surface area contributed by atoms with Crippen LogP contribution in [0.25, 0.3) is 0 Å². The number of methoxy groups -OCH3 is 1. The topological polar surface area (TPSA) is 71.5 Å². The van der Waals surface area contributed by atoms with Crippen molar-refractivity contribution < 1.29 is 14.6 Å². The van der Waals surface area contributed by atoms with Gasteiger partial charge in [-0.2, -0.15) is 0 Å². The molecule has 2 N–H and O–H groups in total. The normalized spacial score (nSPS) is 17.9. The summed E-state index contributed by atoms with van der Waals surface area (Å²) in [5, 5.41) is 12.1. The Kier molecular flexibility index (Phi) is 4.37. The predicted molar refractivity (Wildman–Crippen MR) is 72.5 cm³/mol. The molecule has 2 rings (SSSR count). The molecule has 1 aliphatic carbocycles. The summed E-state index contributed by atoms with van der Waals surface area (Å²) in [4.78, 5) is 14.9. The van der Waals surface area contributed by atoms with E-state index >= 15 is 0 Å². The number of carbonyl (C=O) groups is 1. The first-order valence-electron chi connectivity index (χ1n) is 6.65. The van der Waals surface area contributed by atoms with Crippen LogP contribution in [0.3, 0.4) is 0 Å². The van der Waals surface area contributed by atoms with E-state index < -0.39 is 5.97 Å². The van der Waals surface area contributed by atoms with Crippen LogP contribution in [-0.2, 0) is 4.74 Å². The molecule has 0 bridgehead atoms. The van der Waals surface area contributed by atoms with Crippen molar-refractivity contribution in [2.45, 2.75) is 37.7 Å². The molecule has 0 radical (unpaired) electrons. The summed E-state index contributed by atoms with van der Waals surface area (Å²) in [5.41, 5.74) is -0.0841. The Morgan fingerprint density at radius 3 is 2.79 bits per heavy atom. The molecule has 0 spiro atoms. The van der Waals surface area contributed by atoms with Crippen LogP contribution in [0.2, 0.25) is 0 Å². The zero-order valence-corrected chi connectivity index (χ0v) is 11.2. The molecule has 0 aromatic carbocycles. The molecule has 1 aromatic heterocycles. The lowest BCUT2D eigenvalue weighted by Crippen LogP contribution is -2.41. The predicted octanol–water partition coefficient (Wildman–Crippen LogP) is 2.54. The number of carboxylic acid groups (broad SMARTS) is 1. The highest BCUT2D eigenvalue weighted by molar-refractivity contribution is 5.85. The minimum absolute atomic E-state index is 0.0557. The summed E-state index contributed by atoms with van der Waals surface area (Å²) in [6.45, 7) is 0.666. The number of hydrogen-bond acceptors (Lipinski definition) is 4. The third kappa shape index (κ3) is 3.44. The number of anilines is 1. The van der Waals surface area contributed by atoms with Crippen molar-refractivity contribution in [3.05, 3.63) is 23.9 Å². The zero-order chi connectivity index (χ0) is 13.7. The van der Waals surface area contributed by atoms with E-state index in [0.717, 1.165) is 12.8 Å². The summed E-state index contributed by atoms with van der Waals surface area (Å²) in [6, 6.07) is 4.96. The molecule has 0 saturated heterocycles. The van der Waals surface area contributed by atoms with Gasteiger partial charge in [0.15, 0.2) is 5.69 Å². The summed E-state index contributed by atoms with van der Waals surface area (Å²) >= 11 is 0. The minimum atomic E-state index is -1.01. The summed E-state index contributed by atoms with van der Waals surface area (Å²) in [5.74, 6) is -0.426. The molecule has 0 aliphatic heterocycles. The quantitative estimate of drug-likeness (QED) is 0.855. The van der Waals surface area contributed by atoms with Gasteiger partial charge in [0.1, 0.15) is 5.82 Å². The van der Waals surface area contributed by atoms with Gasteiger partial charge in [0, 0.05) is 13.7 Å². The molecule has 1 saturated carbocycles. The number of pyridine rings is 1. The average molecular weight is 264 g/mol. The van der Waals surface area contributed by atoms with Gasteiger partial charge in [-0.15, -0.1) is 0 Å². The van der Waals surface area contributed by atoms with Crippen LogP contribution in [-0.4, -0.2) is 35.3 Å². The summed E-state index contributed by atoms with van der Waals surface area (Å²) in [6.07, 6.45) is 5.69. The second-order valence-corrected chi connectivity index (χ2v) is 5.01. The Balaban J connectivity index is 2.00. The maximum absolute atomic E-state index is 10.9. The van der Waals surface area contributed by atoms with E-state index in [4.69, 9.17) is 9.84 Å². The highest BCUT2D eigenvalue weighted by Crippen LogP contribution is 2.31. The fraction of sp³-hybridized carbons (Fsp3) is 0.571. The number of aromatic nitrogens is 1. The molecule has 0 unspecified atom stereocenters. The second kappa shape index (κ2) is 6.02. The number of nitrogens with zero attached hydrogens (tertiary/aromatic N) is 1. The SMILES string of the molecule is COC1(CNc2cccc(C(=O)O)n2)CCCCC1. The molecule has 1 aliphatic rings. The Morgan fingerprint density at radius 2 is 2.16 bits per heavy atom. The van der Waals surface area contributed by atoms with E-state index in [1.54, 1.807) is 19.2 Å². The number of aromatic carboxylic acids is 1. The fourth-order valence-corrected chi connectivity index (χ4v) is 2.55. The first-order chi connectivity index (χ1) is 9.15. The molecule has 0 amide bonds. The van der Waals surface area contributed by atoms with Crippen molar-refractivity contribution in [3.63, 3.8) is 0 Å². The molecular weight excluding hydrogens is 244 g/mol. The van der Waals surface area contributed by atoms with Crippen molar-refractivity contribution >= 4 is 11.8 Å². The molecular formula is C14H20N2O3. The largest absolute Gasteiger partial charge is 0.477 e. The Bertz CT molecular complexity index is 442. The lowest BCUT2D eigenvalue weighted by atomic mass is 9.84. The Morgan fingerprint density at radius 1 is 1.42 bits per heavy atom. The van der Waals surface area contributed by atoms with E-state index in [0.29, 0.717) is 12.4 Å². The second-order valence-electron chi connectivity index (χ2n) is 5.01. The Labute approximate surface area is 113 Å². The van der Waals surface area contributed by atoms with Crippen molar-refractivity contribution in [2.24, 2.45) is 0 Å². The average Bonchev–Trinajstić information content (AvgIpc) is 2.46. The zero-order valence-electron chi connectivity index (χ0n) is 11.2. The maximum atomic E-state index is 10.9. The molecule has 1 heterocycles. The van der Waals surface area contributed by atoms with E-state index in [1.165, 1.54) is 25.3 Å². The van der Waals surface area contributed by atoms with Gasteiger partial charge in [-0.1, -0.05) is 25.3 Å². The van der Waals surface area contributed by atoms with Crippen LogP contribution < -0.4 is 5.32 Å². The van der Waals surface area contributed by atoms with Gasteiger partial charge in [0.05, 0.1) is 5.60 Å². The number of nitrogens with one attached hydrogen (secondary N) is 1. The number of ether oxygens (including phenoxy) is 1. The highest BCUT2D eigenvalue weighted by Gasteiger charge is 2.31. The van der Waals surface area contributed by atoms with Crippen LogP contribution in [0, 0.1) is 0 Å². The number of hydrogen-bond donors (Lipinski definition) is 2. The van der Waals surface area contributed by atoms with Crippen molar-refractivity contribution in [2.75, 3.05) is 19.0 Å². The molecule has 1 aromatic rings. The number of rotatable bonds is 5. The maximum Gasteiger partial charge on any atom is 0.354 e. The highest BCUT2D eigenvalue weighted by atomic mass is 16.5. The lowest BCUT2D eigenvalue weighted by molar-refractivity contribution is -0.0279. The van der Waals surface area contributed by atoms with Gasteiger partial charge < -0.3 is 15.2 Å². The molecule has 104 valence electrons. The minimum Gasteiger partial charge on any atom is -0.477 e. The summed E-state index contributed by atoms with van der Waals surface area (Å²) in [7, 11) is 1.74. The van der Waals surface area contributed by atoms with Crippen molar-refractivity contribution in [3.8, 4) is 0 Å². The van der Waals surface area contributed by atoms with Gasteiger partial charge in [-0.05, 0) is 25.0 Å². The lowest BCUT2D eigenvalue weighted by Gasteiger charge is -2.36. The molecule has 19 heavy (non-hydrogen) atoms. The van der Waals surface area contributed by atoms with Gasteiger partial charge >= 0.3 is 5.97 Å². The van der Waals surface area contributed by atoms with Gasteiger partial charge in [-0.25, -0.2) is 9.78 Å². The monoisotopic (exact) mass is 264 g/mol. The number of carboxylic acids is 1. The summed E-state index contributed by atoms with van der Waals surface area (Å²) < 4.78 is 5.67. The molecule has 5 heteroatoms. The van der Waals surface area contributed by atoms with Crippen LogP contribution in [0.4, 0.5) is 5.82 Å². The fourth-order valence-electron chi connectivity index (χ4n) is 2.55. The van der Waals surface area contributed by atoms with Crippen molar-refractivity contribution in [1.29, 1.82) is 0 Å². The first kappa shape index (κ1) is 13.8. The van der Waals surface area contributed by atoms with Crippen LogP contribution in [0.15, 0.2) is 18.2 Å². The van der Waals surface area contributed by atoms with Gasteiger partial charge in [0.25, 0.3) is 0 Å². The van der Waals surface area contributed by atoms with Gasteiger partial charge in [-0.3, -0.25) is 0 Å². The van der Waals surface area contributed by atoms with Crippen molar-refractivity contribution in [1.82, 2.24) is 4.98 Å². The molecule has 0 atom stereocenters. The van der Waals surface area contributed by atoms with E-state index in [2.05, 4.69) is 10.3 Å². The van der Waals surface area contributed by atoms with Gasteiger partial charge in [0.2, 0.25) is 0 Å². The molecule has 5 nitrogen and oxygen atoms in total. The van der Waals surface area contributed by atoms with E-state index in [1.807, 2.05) is 0 Å². The van der Waals surface area contributed by atoms with E-state index in [9.17, 15) is 4.79 Å².